The van der Waals surface area contributed by atoms with Gasteiger partial charge in [-0.1, -0.05) is 65.0 Å². The van der Waals surface area contributed by atoms with Gasteiger partial charge in [-0.25, -0.2) is 0 Å². The van der Waals surface area contributed by atoms with Crippen molar-refractivity contribution in [2.24, 2.45) is 11.3 Å². The number of ether oxygens (including phenoxy) is 3. The molecule has 0 saturated carbocycles. The van der Waals surface area contributed by atoms with Gasteiger partial charge < -0.3 is 51.4 Å². The molecule has 0 saturated heterocycles. The van der Waals surface area contributed by atoms with Crippen molar-refractivity contribution >= 4 is 76.4 Å². The Hall–Kier alpha value is -6.92. The van der Waals surface area contributed by atoms with Gasteiger partial charge in [-0.2, -0.15) is 13.2 Å². The molecule has 458 valence electrons. The molecule has 6 atom stereocenters. The van der Waals surface area contributed by atoms with Crippen molar-refractivity contribution in [3.63, 3.8) is 0 Å². The zero-order chi connectivity index (χ0) is 62.7. The van der Waals surface area contributed by atoms with Crippen molar-refractivity contribution in [3.05, 3.63) is 57.8 Å². The Bertz CT molecular complexity index is 2560. The van der Waals surface area contributed by atoms with Crippen LogP contribution >= 0.6 is 11.3 Å². The molecule has 1 unspecified atom stereocenters. The summed E-state index contributed by atoms with van der Waals surface area (Å²) in [6.45, 7) is 24.0. The monoisotopic (exact) mass is 1180 g/mol. The van der Waals surface area contributed by atoms with E-state index in [-0.39, 0.29) is 19.4 Å². The number of rotatable bonds is 28. The Morgan fingerprint density at radius 1 is 0.549 bits per heavy atom. The molecular formula is C57H84F3N7O14S. The van der Waals surface area contributed by atoms with Crippen LogP contribution in [0.15, 0.2) is 41.8 Å². The quantitative estimate of drug-likeness (QED) is 0.0319. The maximum Gasteiger partial charge on any atom is 0.391 e. The lowest BCUT2D eigenvalue weighted by molar-refractivity contribution is -0.158. The lowest BCUT2D eigenvalue weighted by Crippen LogP contribution is -2.62. The van der Waals surface area contributed by atoms with Gasteiger partial charge >= 0.3 is 24.1 Å². The van der Waals surface area contributed by atoms with Crippen LogP contribution in [0.1, 0.15) is 158 Å². The molecule has 0 spiro atoms. The molecular weight excluding hydrogens is 1100 g/mol. The van der Waals surface area contributed by atoms with E-state index < -0.39 is 174 Å². The van der Waals surface area contributed by atoms with Gasteiger partial charge in [-0.15, -0.1) is 11.3 Å². The number of carbonyl (C=O) groups excluding carboxylic acids is 11. The largest absolute Gasteiger partial charge is 0.460 e. The van der Waals surface area contributed by atoms with Gasteiger partial charge in [0.2, 0.25) is 41.2 Å². The Morgan fingerprint density at radius 2 is 1.05 bits per heavy atom. The molecule has 0 bridgehead atoms. The first-order valence-corrected chi connectivity index (χ1v) is 27.8. The van der Waals surface area contributed by atoms with Crippen LogP contribution < -0.4 is 37.2 Å². The molecule has 2 rings (SSSR count). The summed E-state index contributed by atoms with van der Waals surface area (Å²) in [6, 6.07) is -0.425. The first-order valence-electron chi connectivity index (χ1n) is 26.9. The number of alkyl halides is 3. The fraction of sp³-hybridized carbons (Fsp3) is 0.632. The number of benzene rings is 1. The molecule has 0 radical (unpaired) electrons. The molecule has 21 nitrogen and oxygen atoms in total. The van der Waals surface area contributed by atoms with Gasteiger partial charge in [0.05, 0.1) is 25.8 Å². The van der Waals surface area contributed by atoms with Crippen molar-refractivity contribution in [2.45, 2.75) is 221 Å². The standard InChI is InChI=1S/C57H84F3N7O14S/c1-32(2)27-37(48(74)66-40(30-57(58,59)60)45(72)51(77)61-31-35-21-18-26-82-35)65-52(78)46(53(4,5)6)67-50(76)38(28-34-20-17-16-19-33(34)3)64-47(73)36(22-24-42(69)79-54(7,8)9)63-49(75)39(29-44(71)81-56(13,14)15)62-41(68)23-25-43(70)80-55(10,11)12/h16-21,26,32,36-40,46H,22-25,27-31H2,1-15H3,(H,61,77)(H,62,68)(H,63,75)(H,64,73)(H,65,78)(H,66,74)(H,67,76)/t36-,37-,38-,39-,40?,46+/m0/s1. The maximum atomic E-state index is 14.8. The Balaban J connectivity index is 2.62. The Labute approximate surface area is 482 Å². The fourth-order valence-electron chi connectivity index (χ4n) is 7.79. The van der Waals surface area contributed by atoms with Crippen LogP contribution in [0.25, 0.3) is 0 Å². The average Bonchev–Trinajstić information content (AvgIpc) is 3.86. The van der Waals surface area contributed by atoms with E-state index in [0.29, 0.717) is 16.0 Å². The van der Waals surface area contributed by atoms with Gasteiger partial charge in [-0.3, -0.25) is 52.7 Å². The van der Waals surface area contributed by atoms with Crippen LogP contribution in [-0.4, -0.2) is 124 Å². The van der Waals surface area contributed by atoms with E-state index in [2.05, 4.69) is 31.9 Å². The van der Waals surface area contributed by atoms with Crippen LogP contribution in [0.2, 0.25) is 0 Å². The predicted octanol–water partition coefficient (Wildman–Crippen LogP) is 5.41. The second kappa shape index (κ2) is 30.9. The SMILES string of the molecule is Cc1ccccc1C[C@H](NC(=O)[C@H](CCC(=O)OC(C)(C)C)NC(=O)[C@H](CC(=O)OC(C)(C)C)NC(=O)CCC(=O)OC(C)(C)C)C(=O)N[C@H](C(=O)N[C@@H](CC(C)C)C(=O)NC(CC(F)(F)F)C(=O)C(=O)NCc1cccs1)C(C)(C)C. The molecule has 1 aromatic carbocycles. The van der Waals surface area contributed by atoms with E-state index >= 15 is 0 Å². The normalized spacial score (nSPS) is 14.3. The molecule has 1 heterocycles. The molecule has 82 heavy (non-hydrogen) atoms. The predicted molar refractivity (Wildman–Crippen MR) is 298 cm³/mol. The van der Waals surface area contributed by atoms with E-state index in [4.69, 9.17) is 14.2 Å². The van der Waals surface area contributed by atoms with Crippen LogP contribution in [0.4, 0.5) is 13.2 Å². The molecule has 0 fully saturated rings. The van der Waals surface area contributed by atoms with Crippen LogP contribution in [0, 0.1) is 18.3 Å². The number of esters is 3. The van der Waals surface area contributed by atoms with Crippen LogP contribution in [0.3, 0.4) is 0 Å². The second-order valence-corrected chi connectivity index (χ2v) is 25.4. The number of nitrogens with one attached hydrogen (secondary N) is 7. The summed E-state index contributed by atoms with van der Waals surface area (Å²) >= 11 is 1.23. The Morgan fingerprint density at radius 3 is 1.57 bits per heavy atom. The van der Waals surface area contributed by atoms with Crippen LogP contribution in [-0.2, 0) is 79.9 Å². The van der Waals surface area contributed by atoms with E-state index in [0.717, 1.165) is 0 Å². The number of hydrogen-bond donors (Lipinski definition) is 7. The summed E-state index contributed by atoms with van der Waals surface area (Å²) in [6.07, 6.45) is -9.91. The zero-order valence-electron chi connectivity index (χ0n) is 49.7. The summed E-state index contributed by atoms with van der Waals surface area (Å²) in [4.78, 5) is 151. The van der Waals surface area contributed by atoms with Crippen LogP contribution in [0.5, 0.6) is 0 Å². The van der Waals surface area contributed by atoms with Gasteiger partial charge in [0.25, 0.3) is 5.91 Å². The number of amides is 7. The van der Waals surface area contributed by atoms with E-state index in [9.17, 15) is 65.9 Å². The number of Topliss-reactive ketones (excluding diaryl/α,β-unsaturated/α-hetero) is 1. The van der Waals surface area contributed by atoms with Crippen molar-refractivity contribution < 1.29 is 80.1 Å². The third-order valence-electron chi connectivity index (χ3n) is 11.5. The third-order valence-corrected chi connectivity index (χ3v) is 12.4. The molecule has 0 aliphatic rings. The lowest BCUT2D eigenvalue weighted by Gasteiger charge is -2.34. The van der Waals surface area contributed by atoms with E-state index in [1.165, 1.54) is 11.3 Å². The highest BCUT2D eigenvalue weighted by Gasteiger charge is 2.42. The summed E-state index contributed by atoms with van der Waals surface area (Å²) in [7, 11) is 0. The maximum absolute atomic E-state index is 14.8. The molecule has 25 heteroatoms. The molecule has 0 aliphatic carbocycles. The number of aryl methyl sites for hydroxylation is 1. The number of halogens is 3. The topological polar surface area (TPSA) is 300 Å². The van der Waals surface area contributed by atoms with Crippen molar-refractivity contribution in [1.29, 1.82) is 0 Å². The third kappa shape index (κ3) is 28.2. The second-order valence-electron chi connectivity index (χ2n) is 24.4. The average molecular weight is 1180 g/mol. The zero-order valence-corrected chi connectivity index (χ0v) is 50.5. The first-order chi connectivity index (χ1) is 37.5. The lowest BCUT2D eigenvalue weighted by atomic mass is 9.85. The highest BCUT2D eigenvalue weighted by atomic mass is 32.1. The fourth-order valence-corrected chi connectivity index (χ4v) is 8.43. The number of hydrogen-bond acceptors (Lipinski definition) is 15. The van der Waals surface area contributed by atoms with Gasteiger partial charge in [-0.05, 0) is 116 Å². The summed E-state index contributed by atoms with van der Waals surface area (Å²) in [5.74, 6) is -12.0. The molecule has 0 aliphatic heterocycles. The number of carbonyl (C=O) groups is 11. The first kappa shape index (κ1) is 71.2. The molecule has 2 aromatic rings. The van der Waals surface area contributed by atoms with Crippen molar-refractivity contribution in [3.8, 4) is 0 Å². The minimum Gasteiger partial charge on any atom is -0.460 e. The van der Waals surface area contributed by atoms with Crippen molar-refractivity contribution in [2.75, 3.05) is 0 Å². The summed E-state index contributed by atoms with van der Waals surface area (Å²) in [5.41, 5.74) is -2.86. The summed E-state index contributed by atoms with van der Waals surface area (Å²) in [5, 5.41) is 18.7. The van der Waals surface area contributed by atoms with Gasteiger partial charge in [0, 0.05) is 24.1 Å². The molecule has 7 N–H and O–H groups in total. The summed E-state index contributed by atoms with van der Waals surface area (Å²) < 4.78 is 57.8. The van der Waals surface area contributed by atoms with Gasteiger partial charge in [0.1, 0.15) is 53.1 Å². The van der Waals surface area contributed by atoms with Crippen molar-refractivity contribution in [1.82, 2.24) is 37.2 Å². The van der Waals surface area contributed by atoms with Gasteiger partial charge in [0.15, 0.2) is 0 Å². The molecule has 7 amide bonds. The highest BCUT2D eigenvalue weighted by molar-refractivity contribution is 7.09. The highest BCUT2D eigenvalue weighted by Crippen LogP contribution is 2.24. The minimum absolute atomic E-state index is 0.165. The van der Waals surface area contributed by atoms with E-state index in [1.54, 1.807) is 146 Å². The number of thiophene rings is 1. The minimum atomic E-state index is -5.03. The number of ketones is 1. The molecule has 1 aromatic heterocycles. The van der Waals surface area contributed by atoms with E-state index in [1.807, 2.05) is 5.32 Å². The Kier molecular flexibility index (Phi) is 26.9. The smallest absolute Gasteiger partial charge is 0.391 e.